The van der Waals surface area contributed by atoms with Gasteiger partial charge in [0, 0.05) is 17.4 Å². The number of aryl methyl sites for hydroxylation is 1. The molecule has 22 heavy (non-hydrogen) atoms. The highest BCUT2D eigenvalue weighted by atomic mass is 35.5. The van der Waals surface area contributed by atoms with Crippen LogP contribution < -0.4 is 10.1 Å². The number of hydrogen-bond acceptors (Lipinski definition) is 3. The molecule has 0 saturated heterocycles. The largest absolute Gasteiger partial charge is 0.489 e. The highest BCUT2D eigenvalue weighted by molar-refractivity contribution is 6.30. The third-order valence-electron chi connectivity index (χ3n) is 3.23. The fraction of sp³-hybridized carbons (Fsp3) is 0.294. The Morgan fingerprint density at radius 2 is 2.05 bits per heavy atom. The average Bonchev–Trinajstić information content (AvgIpc) is 2.50. The molecule has 0 bridgehead atoms. The van der Waals surface area contributed by atoms with Gasteiger partial charge in [0.15, 0.2) is 0 Å². The summed E-state index contributed by atoms with van der Waals surface area (Å²) in [6.07, 6.45) is 3.68. The van der Waals surface area contributed by atoms with Gasteiger partial charge < -0.3 is 10.1 Å². The van der Waals surface area contributed by atoms with Crippen LogP contribution in [0, 0.1) is 6.92 Å². The molecule has 5 heteroatoms. The van der Waals surface area contributed by atoms with Crippen LogP contribution in [0.15, 0.2) is 42.7 Å². The standard InChI is InChI=1S/C17H19ClN2O2/c1-12-10-19-8-7-14(12)9-17(21)20-11-13(2)22-16-5-3-15(18)4-6-16/h3-8,10,13H,9,11H2,1-2H3,(H,20,21)/t13-/m0/s1. The fourth-order valence-corrected chi connectivity index (χ4v) is 2.11. The molecule has 1 N–H and O–H groups in total. The first-order chi connectivity index (χ1) is 10.5. The van der Waals surface area contributed by atoms with E-state index < -0.39 is 0 Å². The van der Waals surface area contributed by atoms with Crippen molar-refractivity contribution in [3.63, 3.8) is 0 Å². The molecule has 1 atom stereocenters. The van der Waals surface area contributed by atoms with Crippen molar-refractivity contribution in [3.8, 4) is 5.75 Å². The van der Waals surface area contributed by atoms with Crippen LogP contribution in [0.3, 0.4) is 0 Å². The van der Waals surface area contributed by atoms with Crippen molar-refractivity contribution in [2.45, 2.75) is 26.4 Å². The minimum Gasteiger partial charge on any atom is -0.489 e. The number of ether oxygens (including phenoxy) is 1. The molecule has 0 aliphatic rings. The fourth-order valence-electron chi connectivity index (χ4n) is 1.98. The number of benzene rings is 1. The number of amides is 1. The Balaban J connectivity index is 1.78. The average molecular weight is 319 g/mol. The van der Waals surface area contributed by atoms with E-state index in [2.05, 4.69) is 10.3 Å². The van der Waals surface area contributed by atoms with Gasteiger partial charge in [0.2, 0.25) is 5.91 Å². The first kappa shape index (κ1) is 16.3. The van der Waals surface area contributed by atoms with E-state index in [-0.39, 0.29) is 12.0 Å². The maximum Gasteiger partial charge on any atom is 0.224 e. The van der Waals surface area contributed by atoms with Gasteiger partial charge in [-0.1, -0.05) is 11.6 Å². The molecule has 0 radical (unpaired) electrons. The second-order valence-corrected chi connectivity index (χ2v) is 5.60. The molecule has 0 aliphatic carbocycles. The van der Waals surface area contributed by atoms with E-state index in [0.717, 1.165) is 16.9 Å². The monoisotopic (exact) mass is 318 g/mol. The Labute approximate surface area is 135 Å². The molecule has 1 aromatic carbocycles. The predicted molar refractivity (Wildman–Crippen MR) is 87.2 cm³/mol. The van der Waals surface area contributed by atoms with Crippen LogP contribution in [-0.4, -0.2) is 23.5 Å². The lowest BCUT2D eigenvalue weighted by Gasteiger charge is -2.15. The van der Waals surface area contributed by atoms with E-state index in [9.17, 15) is 4.79 Å². The quantitative estimate of drug-likeness (QED) is 0.890. The van der Waals surface area contributed by atoms with Gasteiger partial charge in [-0.25, -0.2) is 0 Å². The molecule has 1 heterocycles. The maximum atomic E-state index is 12.0. The Bertz CT molecular complexity index is 629. The summed E-state index contributed by atoms with van der Waals surface area (Å²) in [5.74, 6) is 0.706. The number of halogens is 1. The number of pyridine rings is 1. The van der Waals surface area contributed by atoms with Crippen molar-refractivity contribution < 1.29 is 9.53 Å². The Morgan fingerprint density at radius 1 is 1.32 bits per heavy atom. The van der Waals surface area contributed by atoms with Gasteiger partial charge in [-0.15, -0.1) is 0 Å². The van der Waals surface area contributed by atoms with Gasteiger partial charge in [0.05, 0.1) is 13.0 Å². The molecule has 0 fully saturated rings. The molecule has 2 rings (SSSR count). The van der Waals surface area contributed by atoms with E-state index in [4.69, 9.17) is 16.3 Å². The van der Waals surface area contributed by atoms with Crippen LogP contribution >= 0.6 is 11.6 Å². The summed E-state index contributed by atoms with van der Waals surface area (Å²) in [5.41, 5.74) is 2.00. The third-order valence-corrected chi connectivity index (χ3v) is 3.48. The third kappa shape index (κ3) is 5.04. The molecule has 2 aromatic rings. The second-order valence-electron chi connectivity index (χ2n) is 5.17. The molecule has 0 saturated carbocycles. The Hall–Kier alpha value is -2.07. The lowest BCUT2D eigenvalue weighted by atomic mass is 10.1. The predicted octanol–water partition coefficient (Wildman–Crippen LogP) is 3.17. The molecular formula is C17H19ClN2O2. The number of nitrogens with one attached hydrogen (secondary N) is 1. The zero-order valence-electron chi connectivity index (χ0n) is 12.7. The first-order valence-electron chi connectivity index (χ1n) is 7.13. The Kier molecular flexibility index (Phi) is 5.78. The van der Waals surface area contributed by atoms with Crippen LogP contribution in [0.2, 0.25) is 5.02 Å². The summed E-state index contributed by atoms with van der Waals surface area (Å²) in [6.45, 7) is 4.31. The second kappa shape index (κ2) is 7.80. The summed E-state index contributed by atoms with van der Waals surface area (Å²) in [6, 6.07) is 9.02. The molecule has 1 amide bonds. The van der Waals surface area contributed by atoms with Gasteiger partial charge in [-0.05, 0) is 55.3 Å². The van der Waals surface area contributed by atoms with E-state index in [1.165, 1.54) is 0 Å². The van der Waals surface area contributed by atoms with Gasteiger partial charge >= 0.3 is 0 Å². The van der Waals surface area contributed by atoms with Gasteiger partial charge in [-0.3, -0.25) is 9.78 Å². The molecule has 1 aromatic heterocycles. The topological polar surface area (TPSA) is 51.2 Å². The highest BCUT2D eigenvalue weighted by Gasteiger charge is 2.09. The van der Waals surface area contributed by atoms with Crippen LogP contribution in [0.1, 0.15) is 18.1 Å². The normalized spacial score (nSPS) is 11.8. The summed E-state index contributed by atoms with van der Waals surface area (Å²) in [5, 5.41) is 3.55. The summed E-state index contributed by atoms with van der Waals surface area (Å²) >= 11 is 5.82. The number of carbonyl (C=O) groups excluding carboxylic acids is 1. The minimum absolute atomic E-state index is 0.0270. The van der Waals surface area contributed by atoms with Crippen molar-refractivity contribution >= 4 is 17.5 Å². The zero-order valence-corrected chi connectivity index (χ0v) is 13.4. The molecule has 4 nitrogen and oxygen atoms in total. The van der Waals surface area contributed by atoms with E-state index in [1.807, 2.05) is 19.9 Å². The zero-order chi connectivity index (χ0) is 15.9. The first-order valence-corrected chi connectivity index (χ1v) is 7.51. The smallest absolute Gasteiger partial charge is 0.224 e. The number of rotatable bonds is 6. The molecular weight excluding hydrogens is 300 g/mol. The molecule has 0 unspecified atom stereocenters. The van der Waals surface area contributed by atoms with Crippen molar-refractivity contribution in [1.29, 1.82) is 0 Å². The van der Waals surface area contributed by atoms with Crippen LogP contribution in [0.25, 0.3) is 0 Å². The van der Waals surface area contributed by atoms with Crippen LogP contribution in [0.4, 0.5) is 0 Å². The van der Waals surface area contributed by atoms with Crippen LogP contribution in [0.5, 0.6) is 5.75 Å². The molecule has 0 spiro atoms. The Morgan fingerprint density at radius 3 is 2.73 bits per heavy atom. The number of carbonyl (C=O) groups is 1. The van der Waals surface area contributed by atoms with E-state index >= 15 is 0 Å². The minimum atomic E-state index is -0.122. The van der Waals surface area contributed by atoms with E-state index in [1.54, 1.807) is 36.7 Å². The van der Waals surface area contributed by atoms with Gasteiger partial charge in [0.25, 0.3) is 0 Å². The number of nitrogens with zero attached hydrogens (tertiary/aromatic N) is 1. The summed E-state index contributed by atoms with van der Waals surface area (Å²) < 4.78 is 5.71. The molecule has 0 aliphatic heterocycles. The van der Waals surface area contributed by atoms with Crippen molar-refractivity contribution in [2.75, 3.05) is 6.54 Å². The van der Waals surface area contributed by atoms with Crippen molar-refractivity contribution in [2.24, 2.45) is 0 Å². The summed E-state index contributed by atoms with van der Waals surface area (Å²) in [7, 11) is 0. The van der Waals surface area contributed by atoms with Gasteiger partial charge in [0.1, 0.15) is 11.9 Å². The number of aromatic nitrogens is 1. The highest BCUT2D eigenvalue weighted by Crippen LogP contribution is 2.16. The lowest BCUT2D eigenvalue weighted by Crippen LogP contribution is -2.34. The lowest BCUT2D eigenvalue weighted by molar-refractivity contribution is -0.120. The van der Waals surface area contributed by atoms with E-state index in [0.29, 0.717) is 18.0 Å². The van der Waals surface area contributed by atoms with Crippen molar-refractivity contribution in [3.05, 3.63) is 58.9 Å². The SMILES string of the molecule is Cc1cnccc1CC(=O)NC[C@H](C)Oc1ccc(Cl)cc1. The maximum absolute atomic E-state index is 12.0. The van der Waals surface area contributed by atoms with Crippen molar-refractivity contribution in [1.82, 2.24) is 10.3 Å². The molecule has 116 valence electrons. The summed E-state index contributed by atoms with van der Waals surface area (Å²) in [4.78, 5) is 16.0. The van der Waals surface area contributed by atoms with Crippen LogP contribution in [-0.2, 0) is 11.2 Å². The van der Waals surface area contributed by atoms with Gasteiger partial charge in [-0.2, -0.15) is 0 Å². The number of hydrogen-bond donors (Lipinski definition) is 1.